The van der Waals surface area contributed by atoms with Crippen molar-refractivity contribution in [2.24, 2.45) is 0 Å². The van der Waals surface area contributed by atoms with E-state index in [1.807, 2.05) is 0 Å². The Morgan fingerprint density at radius 3 is 2.32 bits per heavy atom. The zero-order valence-electron chi connectivity index (χ0n) is 12.1. The summed E-state index contributed by atoms with van der Waals surface area (Å²) in [6, 6.07) is 5.65. The minimum atomic E-state index is -4.45. The van der Waals surface area contributed by atoms with Crippen LogP contribution in [-0.4, -0.2) is 38.1 Å². The van der Waals surface area contributed by atoms with E-state index < -0.39 is 18.6 Å². The quantitative estimate of drug-likeness (QED) is 0.673. The standard InChI is InChI=1S/C14H18F3N3O2/c1-18-8-2-3-12(21)20-11-6-4-10(5-7-11)13(22)19-9-14(15,16)17/h4-7,18H,2-3,8-9H2,1H3,(H,19,22)(H,20,21). The summed E-state index contributed by atoms with van der Waals surface area (Å²) in [6.45, 7) is -0.651. The van der Waals surface area contributed by atoms with Crippen LogP contribution >= 0.6 is 0 Å². The second kappa shape index (κ2) is 8.38. The van der Waals surface area contributed by atoms with Gasteiger partial charge in [-0.2, -0.15) is 13.2 Å². The number of amides is 2. The first-order valence-corrected chi connectivity index (χ1v) is 6.71. The molecule has 2 amide bonds. The van der Waals surface area contributed by atoms with Crippen LogP contribution in [0.4, 0.5) is 18.9 Å². The molecule has 0 saturated carbocycles. The van der Waals surface area contributed by atoms with E-state index in [9.17, 15) is 22.8 Å². The number of benzene rings is 1. The number of rotatable bonds is 7. The lowest BCUT2D eigenvalue weighted by Gasteiger charge is -2.09. The summed E-state index contributed by atoms with van der Waals surface area (Å²) in [6.07, 6.45) is -3.40. The minimum Gasteiger partial charge on any atom is -0.343 e. The smallest absolute Gasteiger partial charge is 0.343 e. The normalized spacial score (nSPS) is 11.1. The van der Waals surface area contributed by atoms with Crippen molar-refractivity contribution in [3.8, 4) is 0 Å². The summed E-state index contributed by atoms with van der Waals surface area (Å²) < 4.78 is 36.0. The predicted molar refractivity (Wildman–Crippen MR) is 76.6 cm³/mol. The van der Waals surface area contributed by atoms with Crippen LogP contribution in [0.5, 0.6) is 0 Å². The summed E-state index contributed by atoms with van der Waals surface area (Å²) in [5.74, 6) is -0.978. The van der Waals surface area contributed by atoms with Gasteiger partial charge >= 0.3 is 6.18 Å². The number of carbonyl (C=O) groups is 2. The molecule has 22 heavy (non-hydrogen) atoms. The molecule has 0 bridgehead atoms. The van der Waals surface area contributed by atoms with Gasteiger partial charge in [-0.1, -0.05) is 0 Å². The maximum atomic E-state index is 12.0. The average molecular weight is 317 g/mol. The Hall–Kier alpha value is -2.09. The number of hydrogen-bond acceptors (Lipinski definition) is 3. The van der Waals surface area contributed by atoms with Crippen molar-refractivity contribution in [3.05, 3.63) is 29.8 Å². The Morgan fingerprint density at radius 2 is 1.77 bits per heavy atom. The highest BCUT2D eigenvalue weighted by atomic mass is 19.4. The van der Waals surface area contributed by atoms with Crippen LogP contribution in [0.1, 0.15) is 23.2 Å². The summed E-state index contributed by atoms with van der Waals surface area (Å²) in [5.41, 5.74) is 0.583. The fraction of sp³-hybridized carbons (Fsp3) is 0.429. The SMILES string of the molecule is CNCCCC(=O)Nc1ccc(C(=O)NCC(F)(F)F)cc1. The number of nitrogens with one attached hydrogen (secondary N) is 3. The molecule has 0 aliphatic heterocycles. The summed E-state index contributed by atoms with van der Waals surface area (Å²) >= 11 is 0. The Labute approximate surface area is 126 Å². The van der Waals surface area contributed by atoms with Crippen molar-refractivity contribution in [2.75, 3.05) is 25.5 Å². The van der Waals surface area contributed by atoms with E-state index in [0.29, 0.717) is 18.5 Å². The van der Waals surface area contributed by atoms with E-state index in [1.165, 1.54) is 24.3 Å². The van der Waals surface area contributed by atoms with Gasteiger partial charge in [0, 0.05) is 17.7 Å². The zero-order valence-corrected chi connectivity index (χ0v) is 12.1. The Morgan fingerprint density at radius 1 is 1.14 bits per heavy atom. The molecular formula is C14H18F3N3O2. The van der Waals surface area contributed by atoms with E-state index in [2.05, 4.69) is 10.6 Å². The van der Waals surface area contributed by atoms with Crippen molar-refractivity contribution in [2.45, 2.75) is 19.0 Å². The maximum Gasteiger partial charge on any atom is 0.405 e. The second-order valence-corrected chi connectivity index (χ2v) is 4.63. The lowest BCUT2D eigenvalue weighted by atomic mass is 10.2. The lowest BCUT2D eigenvalue weighted by molar-refractivity contribution is -0.123. The van der Waals surface area contributed by atoms with Gasteiger partial charge in [-0.15, -0.1) is 0 Å². The molecule has 0 unspecified atom stereocenters. The molecule has 0 aliphatic rings. The van der Waals surface area contributed by atoms with Gasteiger partial charge in [0.1, 0.15) is 6.54 Å². The van der Waals surface area contributed by atoms with Crippen molar-refractivity contribution < 1.29 is 22.8 Å². The molecule has 3 N–H and O–H groups in total. The van der Waals surface area contributed by atoms with Crippen LogP contribution in [0.3, 0.4) is 0 Å². The molecule has 1 rings (SSSR count). The topological polar surface area (TPSA) is 70.2 Å². The highest BCUT2D eigenvalue weighted by Gasteiger charge is 2.27. The van der Waals surface area contributed by atoms with Gasteiger partial charge in [-0.3, -0.25) is 9.59 Å². The third-order valence-corrected chi connectivity index (χ3v) is 2.71. The molecule has 1 aromatic rings. The number of alkyl halides is 3. The minimum absolute atomic E-state index is 0.0948. The number of anilines is 1. The van der Waals surface area contributed by atoms with Gasteiger partial charge in [0.15, 0.2) is 0 Å². The molecule has 5 nitrogen and oxygen atoms in total. The molecule has 0 atom stereocenters. The number of carbonyl (C=O) groups excluding carboxylic acids is 2. The van der Waals surface area contributed by atoms with Crippen molar-refractivity contribution in [1.29, 1.82) is 0 Å². The first-order valence-electron chi connectivity index (χ1n) is 6.71. The lowest BCUT2D eigenvalue weighted by Crippen LogP contribution is -2.33. The van der Waals surface area contributed by atoms with E-state index in [4.69, 9.17) is 0 Å². The largest absolute Gasteiger partial charge is 0.405 e. The van der Waals surface area contributed by atoms with Crippen LogP contribution in [0.25, 0.3) is 0 Å². The molecule has 122 valence electrons. The number of halogens is 3. The molecule has 0 heterocycles. The van der Waals surface area contributed by atoms with Gasteiger partial charge in [0.25, 0.3) is 5.91 Å². The van der Waals surface area contributed by atoms with Crippen LogP contribution < -0.4 is 16.0 Å². The average Bonchev–Trinajstić information content (AvgIpc) is 2.45. The Bertz CT molecular complexity index is 501. The van der Waals surface area contributed by atoms with Crippen molar-refractivity contribution in [3.63, 3.8) is 0 Å². The van der Waals surface area contributed by atoms with Crippen LogP contribution in [0.15, 0.2) is 24.3 Å². The Balaban J connectivity index is 2.48. The molecule has 0 spiro atoms. The van der Waals surface area contributed by atoms with E-state index in [1.54, 1.807) is 12.4 Å². The fourth-order valence-corrected chi connectivity index (χ4v) is 1.64. The zero-order chi connectivity index (χ0) is 16.6. The summed E-state index contributed by atoms with van der Waals surface area (Å²) in [7, 11) is 1.79. The van der Waals surface area contributed by atoms with Gasteiger partial charge in [0.2, 0.25) is 5.91 Å². The first kappa shape index (κ1) is 18.0. The van der Waals surface area contributed by atoms with E-state index in [-0.39, 0.29) is 11.5 Å². The highest BCUT2D eigenvalue weighted by Crippen LogP contribution is 2.14. The molecule has 0 aliphatic carbocycles. The van der Waals surface area contributed by atoms with Crippen molar-refractivity contribution >= 4 is 17.5 Å². The molecule has 0 radical (unpaired) electrons. The molecule has 8 heteroatoms. The van der Waals surface area contributed by atoms with Gasteiger partial charge in [-0.25, -0.2) is 0 Å². The monoisotopic (exact) mass is 317 g/mol. The summed E-state index contributed by atoms with van der Waals surface area (Å²) in [5, 5.41) is 7.34. The van der Waals surface area contributed by atoms with Crippen molar-refractivity contribution in [1.82, 2.24) is 10.6 Å². The summed E-state index contributed by atoms with van der Waals surface area (Å²) in [4.78, 5) is 23.1. The molecule has 1 aromatic carbocycles. The fourth-order valence-electron chi connectivity index (χ4n) is 1.64. The molecule has 0 saturated heterocycles. The van der Waals surface area contributed by atoms with E-state index in [0.717, 1.165) is 6.54 Å². The van der Waals surface area contributed by atoms with Crippen LogP contribution in [-0.2, 0) is 4.79 Å². The van der Waals surface area contributed by atoms with Crippen LogP contribution in [0.2, 0.25) is 0 Å². The number of hydrogen-bond donors (Lipinski definition) is 3. The maximum absolute atomic E-state index is 12.0. The third-order valence-electron chi connectivity index (χ3n) is 2.71. The first-order chi connectivity index (χ1) is 10.3. The molecular weight excluding hydrogens is 299 g/mol. The van der Waals surface area contributed by atoms with Crippen LogP contribution in [0, 0.1) is 0 Å². The third kappa shape index (κ3) is 7.07. The second-order valence-electron chi connectivity index (χ2n) is 4.63. The predicted octanol–water partition coefficient (Wildman–Crippen LogP) is 1.92. The van der Waals surface area contributed by atoms with Gasteiger partial charge in [-0.05, 0) is 44.3 Å². The molecule has 0 fully saturated rings. The van der Waals surface area contributed by atoms with Gasteiger partial charge in [0.05, 0.1) is 0 Å². The Kier molecular flexibility index (Phi) is 6.84. The molecule has 0 aromatic heterocycles. The van der Waals surface area contributed by atoms with E-state index >= 15 is 0 Å². The van der Waals surface area contributed by atoms with Gasteiger partial charge < -0.3 is 16.0 Å². The highest BCUT2D eigenvalue weighted by molar-refractivity contribution is 5.95.